The maximum atomic E-state index is 12.3. The predicted molar refractivity (Wildman–Crippen MR) is 110 cm³/mol. The van der Waals surface area contributed by atoms with E-state index in [0.717, 1.165) is 37.3 Å². The van der Waals surface area contributed by atoms with Gasteiger partial charge in [-0.15, -0.1) is 0 Å². The summed E-state index contributed by atoms with van der Waals surface area (Å²) in [4.78, 5) is 18.9. The van der Waals surface area contributed by atoms with Gasteiger partial charge in [0, 0.05) is 43.6 Å². The van der Waals surface area contributed by atoms with Crippen LogP contribution in [-0.2, 0) is 9.53 Å². The minimum absolute atomic E-state index is 0.0164. The van der Waals surface area contributed by atoms with Gasteiger partial charge in [0.2, 0.25) is 5.91 Å². The van der Waals surface area contributed by atoms with E-state index in [1.165, 1.54) is 5.69 Å². The summed E-state index contributed by atoms with van der Waals surface area (Å²) in [6.07, 6.45) is 3.28. The summed E-state index contributed by atoms with van der Waals surface area (Å²) in [5.41, 5.74) is 3.11. The van der Waals surface area contributed by atoms with Crippen molar-refractivity contribution < 1.29 is 9.53 Å². The molecule has 1 saturated heterocycles. The van der Waals surface area contributed by atoms with Gasteiger partial charge < -0.3 is 20.3 Å². The molecule has 6 nitrogen and oxygen atoms in total. The Labute approximate surface area is 160 Å². The minimum Gasteiger partial charge on any atom is -0.381 e. The molecule has 27 heavy (non-hydrogen) atoms. The van der Waals surface area contributed by atoms with E-state index in [0.29, 0.717) is 19.0 Å². The summed E-state index contributed by atoms with van der Waals surface area (Å²) < 4.78 is 5.30. The molecule has 1 aliphatic rings. The van der Waals surface area contributed by atoms with Gasteiger partial charge in [0.05, 0.1) is 11.9 Å². The lowest BCUT2D eigenvalue weighted by Crippen LogP contribution is -2.28. The van der Waals surface area contributed by atoms with Crippen LogP contribution >= 0.6 is 0 Å². The first kappa shape index (κ1) is 19.2. The molecular weight excluding hydrogens is 340 g/mol. The van der Waals surface area contributed by atoms with E-state index in [9.17, 15) is 4.79 Å². The van der Waals surface area contributed by atoms with Crippen LogP contribution in [0, 0.1) is 5.92 Å². The maximum Gasteiger partial charge on any atom is 0.228 e. The third-order valence-electron chi connectivity index (χ3n) is 4.89. The number of aromatic nitrogens is 1. The zero-order chi connectivity index (χ0) is 19.1. The van der Waals surface area contributed by atoms with Crippen molar-refractivity contribution in [3.8, 4) is 0 Å². The lowest BCUT2D eigenvalue weighted by molar-refractivity contribution is -0.122. The van der Waals surface area contributed by atoms with Crippen LogP contribution in [-0.4, -0.2) is 37.2 Å². The Morgan fingerprint density at radius 3 is 2.33 bits per heavy atom. The van der Waals surface area contributed by atoms with Crippen LogP contribution in [0.1, 0.15) is 26.7 Å². The van der Waals surface area contributed by atoms with Crippen molar-refractivity contribution in [1.29, 1.82) is 0 Å². The zero-order valence-corrected chi connectivity index (χ0v) is 16.1. The van der Waals surface area contributed by atoms with E-state index in [1.807, 2.05) is 12.1 Å². The van der Waals surface area contributed by atoms with Gasteiger partial charge in [0.25, 0.3) is 0 Å². The van der Waals surface area contributed by atoms with Gasteiger partial charge in [-0.2, -0.15) is 0 Å². The first-order valence-electron chi connectivity index (χ1n) is 9.66. The van der Waals surface area contributed by atoms with Gasteiger partial charge in [0.1, 0.15) is 5.82 Å². The number of nitrogens with one attached hydrogen (secondary N) is 2. The summed E-state index contributed by atoms with van der Waals surface area (Å²) in [5.74, 6) is 0.620. The zero-order valence-electron chi connectivity index (χ0n) is 16.1. The molecule has 3 rings (SSSR count). The lowest BCUT2D eigenvalue weighted by Gasteiger charge is -2.21. The predicted octanol–water partition coefficient (Wildman–Crippen LogP) is 4.04. The van der Waals surface area contributed by atoms with Crippen molar-refractivity contribution in [3.05, 3.63) is 42.6 Å². The van der Waals surface area contributed by atoms with Crippen LogP contribution in [0.4, 0.5) is 22.9 Å². The fourth-order valence-electron chi connectivity index (χ4n) is 3.24. The van der Waals surface area contributed by atoms with Crippen LogP contribution in [0.25, 0.3) is 0 Å². The number of anilines is 4. The molecule has 0 radical (unpaired) electrons. The topological polar surface area (TPSA) is 66.5 Å². The number of carbonyl (C=O) groups excluding carboxylic acids is 1. The Bertz CT molecular complexity index is 721. The normalized spacial score (nSPS) is 14.6. The summed E-state index contributed by atoms with van der Waals surface area (Å²) in [5, 5.41) is 6.24. The van der Waals surface area contributed by atoms with E-state index in [1.54, 1.807) is 6.20 Å². The number of ether oxygens (including phenoxy) is 1. The number of pyridine rings is 1. The Morgan fingerprint density at radius 2 is 1.74 bits per heavy atom. The average Bonchev–Trinajstić information content (AvgIpc) is 2.72. The largest absolute Gasteiger partial charge is 0.381 e. The second-order valence-corrected chi connectivity index (χ2v) is 6.65. The summed E-state index contributed by atoms with van der Waals surface area (Å²) in [6, 6.07) is 12.1. The molecule has 2 N–H and O–H groups in total. The third kappa shape index (κ3) is 5.20. The molecule has 0 bridgehead atoms. The maximum absolute atomic E-state index is 12.3. The quantitative estimate of drug-likeness (QED) is 0.772. The first-order chi connectivity index (χ1) is 13.2. The lowest BCUT2D eigenvalue weighted by atomic mass is 9.99. The van der Waals surface area contributed by atoms with Crippen LogP contribution in [0.15, 0.2) is 42.6 Å². The van der Waals surface area contributed by atoms with E-state index < -0.39 is 0 Å². The Morgan fingerprint density at radius 1 is 1.07 bits per heavy atom. The third-order valence-corrected chi connectivity index (χ3v) is 4.89. The standard InChI is InChI=1S/C21H28N4O2/c1-3-25(4-2)19-8-5-17(6-9-19)23-18-7-10-20(22-15-18)24-21(26)16-11-13-27-14-12-16/h5-10,15-16,23H,3-4,11-14H2,1-2H3,(H,22,24,26). The monoisotopic (exact) mass is 368 g/mol. The second-order valence-electron chi connectivity index (χ2n) is 6.65. The number of hydrogen-bond donors (Lipinski definition) is 2. The molecule has 0 atom stereocenters. The molecule has 2 heterocycles. The van der Waals surface area contributed by atoms with E-state index >= 15 is 0 Å². The van der Waals surface area contributed by atoms with Gasteiger partial charge >= 0.3 is 0 Å². The summed E-state index contributed by atoms with van der Waals surface area (Å²) >= 11 is 0. The number of nitrogens with zero attached hydrogens (tertiary/aromatic N) is 2. The molecule has 1 fully saturated rings. The molecule has 144 valence electrons. The van der Waals surface area contributed by atoms with Crippen molar-refractivity contribution in [1.82, 2.24) is 4.98 Å². The highest BCUT2D eigenvalue weighted by Gasteiger charge is 2.21. The number of amides is 1. The van der Waals surface area contributed by atoms with Crippen LogP contribution < -0.4 is 15.5 Å². The number of hydrogen-bond acceptors (Lipinski definition) is 5. The van der Waals surface area contributed by atoms with E-state index in [-0.39, 0.29) is 11.8 Å². The molecule has 6 heteroatoms. The molecule has 0 aliphatic carbocycles. The fraction of sp³-hybridized carbons (Fsp3) is 0.429. The highest BCUT2D eigenvalue weighted by Crippen LogP contribution is 2.22. The molecule has 0 unspecified atom stereocenters. The van der Waals surface area contributed by atoms with E-state index in [4.69, 9.17) is 4.74 Å². The van der Waals surface area contributed by atoms with Crippen LogP contribution in [0.3, 0.4) is 0 Å². The molecule has 0 saturated carbocycles. The molecule has 0 spiro atoms. The van der Waals surface area contributed by atoms with Crippen molar-refractivity contribution in [3.63, 3.8) is 0 Å². The molecule has 1 aliphatic heterocycles. The molecular formula is C21H28N4O2. The van der Waals surface area contributed by atoms with Crippen molar-refractivity contribution >= 4 is 28.8 Å². The van der Waals surface area contributed by atoms with Crippen molar-refractivity contribution in [2.45, 2.75) is 26.7 Å². The van der Waals surface area contributed by atoms with Crippen molar-refractivity contribution in [2.24, 2.45) is 5.92 Å². The highest BCUT2D eigenvalue weighted by molar-refractivity contribution is 5.91. The first-order valence-corrected chi connectivity index (χ1v) is 9.66. The SMILES string of the molecule is CCN(CC)c1ccc(Nc2ccc(NC(=O)C3CCOCC3)nc2)cc1. The summed E-state index contributed by atoms with van der Waals surface area (Å²) in [7, 11) is 0. The molecule has 1 amide bonds. The fourth-order valence-corrected chi connectivity index (χ4v) is 3.24. The van der Waals surface area contributed by atoms with Crippen LogP contribution in [0.5, 0.6) is 0 Å². The van der Waals surface area contributed by atoms with E-state index in [2.05, 4.69) is 58.6 Å². The molecule has 1 aromatic carbocycles. The number of benzene rings is 1. The average molecular weight is 368 g/mol. The molecule has 2 aromatic rings. The molecule has 1 aromatic heterocycles. The summed E-state index contributed by atoms with van der Waals surface area (Å²) in [6.45, 7) is 7.61. The number of carbonyl (C=O) groups is 1. The van der Waals surface area contributed by atoms with Gasteiger partial charge in [-0.25, -0.2) is 4.98 Å². The minimum atomic E-state index is 0.0164. The Kier molecular flexibility index (Phi) is 6.65. The second kappa shape index (κ2) is 9.37. The van der Waals surface area contributed by atoms with Crippen LogP contribution in [0.2, 0.25) is 0 Å². The van der Waals surface area contributed by atoms with Gasteiger partial charge in [-0.3, -0.25) is 4.79 Å². The van der Waals surface area contributed by atoms with Gasteiger partial charge in [0.15, 0.2) is 0 Å². The van der Waals surface area contributed by atoms with Crippen molar-refractivity contribution in [2.75, 3.05) is 41.8 Å². The Balaban J connectivity index is 1.56. The number of rotatable bonds is 7. The smallest absolute Gasteiger partial charge is 0.228 e. The Hall–Kier alpha value is -2.60. The highest BCUT2D eigenvalue weighted by atomic mass is 16.5. The van der Waals surface area contributed by atoms with Gasteiger partial charge in [-0.1, -0.05) is 0 Å². The van der Waals surface area contributed by atoms with Gasteiger partial charge in [-0.05, 0) is 63.1 Å².